The fourth-order valence-corrected chi connectivity index (χ4v) is 3.95. The molecule has 2 saturated heterocycles. The molecular formula is C19H26N4O2. The van der Waals surface area contributed by atoms with Gasteiger partial charge in [0.25, 0.3) is 0 Å². The third-order valence-electron chi connectivity index (χ3n) is 5.05. The van der Waals surface area contributed by atoms with Crippen molar-refractivity contribution in [3.63, 3.8) is 0 Å². The molecule has 0 aliphatic carbocycles. The van der Waals surface area contributed by atoms with Gasteiger partial charge in [-0.05, 0) is 24.5 Å². The highest BCUT2D eigenvalue weighted by Gasteiger charge is 2.47. The Kier molecular flexibility index (Phi) is 4.58. The van der Waals surface area contributed by atoms with E-state index in [0.29, 0.717) is 6.61 Å². The highest BCUT2D eigenvalue weighted by atomic mass is 16.5. The van der Waals surface area contributed by atoms with E-state index >= 15 is 0 Å². The number of aromatic nitrogens is 3. The van der Waals surface area contributed by atoms with Gasteiger partial charge in [-0.25, -0.2) is 0 Å². The molecule has 2 aromatic heterocycles. The van der Waals surface area contributed by atoms with Crippen molar-refractivity contribution in [3.05, 3.63) is 47.5 Å². The summed E-state index contributed by atoms with van der Waals surface area (Å²) in [7, 11) is 1.96. The first-order valence-electron chi connectivity index (χ1n) is 8.96. The van der Waals surface area contributed by atoms with Crippen LogP contribution in [0.5, 0.6) is 0 Å². The number of pyridine rings is 1. The Labute approximate surface area is 148 Å². The molecule has 6 nitrogen and oxygen atoms in total. The monoisotopic (exact) mass is 342 g/mol. The average Bonchev–Trinajstić information content (AvgIpc) is 2.97. The zero-order valence-corrected chi connectivity index (χ0v) is 15.0. The lowest BCUT2D eigenvalue weighted by Gasteiger charge is -2.53. The van der Waals surface area contributed by atoms with Gasteiger partial charge in [-0.1, -0.05) is 6.07 Å². The first kappa shape index (κ1) is 16.7. The summed E-state index contributed by atoms with van der Waals surface area (Å²) in [6.45, 7) is 6.39. The van der Waals surface area contributed by atoms with E-state index in [1.165, 1.54) is 11.1 Å². The predicted molar refractivity (Wildman–Crippen MR) is 94.0 cm³/mol. The van der Waals surface area contributed by atoms with Crippen LogP contribution in [0, 0.1) is 6.92 Å². The van der Waals surface area contributed by atoms with Crippen molar-refractivity contribution in [3.8, 4) is 0 Å². The van der Waals surface area contributed by atoms with Crippen LogP contribution in [0.1, 0.15) is 29.5 Å². The number of hydrogen-bond acceptors (Lipinski definition) is 5. The van der Waals surface area contributed by atoms with Gasteiger partial charge in [-0.3, -0.25) is 14.6 Å². The van der Waals surface area contributed by atoms with Crippen LogP contribution < -0.4 is 0 Å². The molecule has 0 saturated carbocycles. The van der Waals surface area contributed by atoms with Gasteiger partial charge in [0.05, 0.1) is 24.5 Å². The normalized spacial score (nSPS) is 22.9. The molecule has 2 aromatic rings. The Balaban J connectivity index is 1.27. The van der Waals surface area contributed by atoms with Crippen LogP contribution in [0.25, 0.3) is 0 Å². The minimum atomic E-state index is -0.0179. The fraction of sp³-hybridized carbons (Fsp3) is 0.579. The molecule has 0 bridgehead atoms. The largest absolute Gasteiger partial charge is 0.373 e. The number of aryl methyl sites for hydroxylation is 2. The molecule has 6 heteroatoms. The van der Waals surface area contributed by atoms with Crippen molar-refractivity contribution in [1.82, 2.24) is 19.7 Å². The lowest BCUT2D eigenvalue weighted by molar-refractivity contribution is -0.200. The van der Waals surface area contributed by atoms with Gasteiger partial charge < -0.3 is 9.47 Å². The molecule has 0 amide bonds. The fourth-order valence-electron chi connectivity index (χ4n) is 3.95. The van der Waals surface area contributed by atoms with Crippen molar-refractivity contribution in [1.29, 1.82) is 0 Å². The van der Waals surface area contributed by atoms with Crippen LogP contribution in [0.2, 0.25) is 0 Å². The highest BCUT2D eigenvalue weighted by Crippen LogP contribution is 2.36. The number of hydrogen-bond donors (Lipinski definition) is 0. The van der Waals surface area contributed by atoms with Crippen LogP contribution in [-0.2, 0) is 29.7 Å². The summed E-state index contributed by atoms with van der Waals surface area (Å²) in [5, 5.41) is 4.24. The Morgan fingerprint density at radius 2 is 2.16 bits per heavy atom. The highest BCUT2D eigenvalue weighted by molar-refractivity contribution is 5.15. The lowest BCUT2D eigenvalue weighted by Crippen LogP contribution is -2.65. The number of ether oxygens (including phenoxy) is 2. The van der Waals surface area contributed by atoms with Gasteiger partial charge in [0.2, 0.25) is 0 Å². The summed E-state index contributed by atoms with van der Waals surface area (Å²) in [6, 6.07) is 2.14. The molecule has 0 unspecified atom stereocenters. The van der Waals surface area contributed by atoms with E-state index in [1.54, 1.807) is 0 Å². The molecular weight excluding hydrogens is 316 g/mol. The van der Waals surface area contributed by atoms with Gasteiger partial charge in [0, 0.05) is 63.9 Å². The number of rotatable bonds is 5. The van der Waals surface area contributed by atoms with Gasteiger partial charge in [0.1, 0.15) is 0 Å². The van der Waals surface area contributed by atoms with E-state index in [0.717, 1.165) is 44.6 Å². The Hall–Kier alpha value is -1.76. The number of likely N-dealkylation sites (tertiary alicyclic amines) is 1. The minimum Gasteiger partial charge on any atom is -0.373 e. The van der Waals surface area contributed by atoms with E-state index in [2.05, 4.69) is 34.2 Å². The van der Waals surface area contributed by atoms with Gasteiger partial charge in [0.15, 0.2) is 0 Å². The van der Waals surface area contributed by atoms with Crippen LogP contribution in [-0.4, -0.2) is 51.1 Å². The summed E-state index contributed by atoms with van der Waals surface area (Å²) < 4.78 is 14.1. The van der Waals surface area contributed by atoms with Crippen molar-refractivity contribution in [2.45, 2.75) is 44.6 Å². The van der Waals surface area contributed by atoms with Crippen molar-refractivity contribution < 1.29 is 9.47 Å². The molecule has 2 aliphatic rings. The zero-order chi connectivity index (χ0) is 17.3. The zero-order valence-electron chi connectivity index (χ0n) is 15.0. The molecule has 0 N–H and O–H groups in total. The topological polar surface area (TPSA) is 52.4 Å². The standard InChI is InChI=1S/C19H26N4O2/c1-15-5-16(8-20-7-15)12-24-18-3-4-25-19(6-18)13-23(14-19)11-17-9-21-22(2)10-17/h5,7-10,18H,3-4,6,11-14H2,1-2H3/t18-/m1/s1. The van der Waals surface area contributed by atoms with Crippen molar-refractivity contribution in [2.75, 3.05) is 19.7 Å². The minimum absolute atomic E-state index is 0.0179. The van der Waals surface area contributed by atoms with Crippen molar-refractivity contribution in [2.24, 2.45) is 7.05 Å². The second-order valence-corrected chi connectivity index (χ2v) is 7.50. The summed E-state index contributed by atoms with van der Waals surface area (Å²) in [4.78, 5) is 6.66. The SMILES string of the molecule is Cc1cncc(CO[C@@H]2CCOC3(C2)CN(Cc2cnn(C)c2)C3)c1. The number of nitrogens with zero attached hydrogens (tertiary/aromatic N) is 4. The summed E-state index contributed by atoms with van der Waals surface area (Å²) in [6.07, 6.45) is 10.0. The first-order chi connectivity index (χ1) is 12.1. The van der Waals surface area contributed by atoms with Crippen LogP contribution in [0.3, 0.4) is 0 Å². The van der Waals surface area contributed by atoms with E-state index in [-0.39, 0.29) is 11.7 Å². The smallest absolute Gasteiger partial charge is 0.0959 e. The first-order valence-corrected chi connectivity index (χ1v) is 8.96. The second-order valence-electron chi connectivity index (χ2n) is 7.50. The predicted octanol–water partition coefficient (Wildman–Crippen LogP) is 2.07. The third kappa shape index (κ3) is 3.92. The molecule has 134 valence electrons. The van der Waals surface area contributed by atoms with E-state index in [4.69, 9.17) is 9.47 Å². The molecule has 2 fully saturated rings. The van der Waals surface area contributed by atoms with E-state index in [9.17, 15) is 0 Å². The maximum Gasteiger partial charge on any atom is 0.0959 e. The average molecular weight is 342 g/mol. The molecule has 0 radical (unpaired) electrons. The molecule has 4 rings (SSSR count). The van der Waals surface area contributed by atoms with E-state index < -0.39 is 0 Å². The van der Waals surface area contributed by atoms with Gasteiger partial charge >= 0.3 is 0 Å². The van der Waals surface area contributed by atoms with Gasteiger partial charge in [-0.2, -0.15) is 5.10 Å². The maximum atomic E-state index is 6.16. The molecule has 25 heavy (non-hydrogen) atoms. The van der Waals surface area contributed by atoms with E-state index in [1.807, 2.05) is 30.3 Å². The summed E-state index contributed by atoms with van der Waals surface area (Å²) >= 11 is 0. The van der Waals surface area contributed by atoms with Crippen LogP contribution in [0.15, 0.2) is 30.9 Å². The molecule has 4 heterocycles. The van der Waals surface area contributed by atoms with Crippen LogP contribution in [0.4, 0.5) is 0 Å². The molecule has 2 aliphatic heterocycles. The van der Waals surface area contributed by atoms with Crippen molar-refractivity contribution >= 4 is 0 Å². The molecule has 1 spiro atoms. The van der Waals surface area contributed by atoms with Gasteiger partial charge in [-0.15, -0.1) is 0 Å². The molecule has 1 atom stereocenters. The summed E-state index contributed by atoms with van der Waals surface area (Å²) in [5.74, 6) is 0. The Morgan fingerprint density at radius 3 is 2.92 bits per heavy atom. The quantitative estimate of drug-likeness (QED) is 0.833. The maximum absolute atomic E-state index is 6.16. The third-order valence-corrected chi connectivity index (χ3v) is 5.05. The Bertz CT molecular complexity index is 724. The lowest BCUT2D eigenvalue weighted by atomic mass is 9.84. The second kappa shape index (κ2) is 6.86. The Morgan fingerprint density at radius 1 is 1.28 bits per heavy atom. The van der Waals surface area contributed by atoms with Crippen LogP contribution >= 0.6 is 0 Å². The summed E-state index contributed by atoms with van der Waals surface area (Å²) in [5.41, 5.74) is 3.56. The molecule has 0 aromatic carbocycles.